The fraction of sp³-hybridized carbons (Fsp3) is 0.333. The lowest BCUT2D eigenvalue weighted by molar-refractivity contribution is -0.117. The van der Waals surface area contributed by atoms with Crippen molar-refractivity contribution in [2.45, 2.75) is 33.1 Å². The number of hydrogen-bond donors (Lipinski definition) is 1. The second-order valence-electron chi connectivity index (χ2n) is 5.66. The van der Waals surface area contributed by atoms with Crippen molar-refractivity contribution in [3.05, 3.63) is 46.5 Å². The average Bonchev–Trinajstić information content (AvgIpc) is 3.01. The minimum Gasteiger partial charge on any atom is -0.325 e. The van der Waals surface area contributed by atoms with Crippen molar-refractivity contribution in [3.8, 4) is 6.07 Å². The molecule has 0 saturated heterocycles. The Balaban J connectivity index is 2.11. The van der Waals surface area contributed by atoms with Crippen LogP contribution >= 0.6 is 11.5 Å². The molecular weight excluding hydrogens is 322 g/mol. The number of carbonyl (C=O) groups excluding carboxylic acids is 2. The summed E-state index contributed by atoms with van der Waals surface area (Å²) < 4.78 is 4.01. The predicted octanol–water partition coefficient (Wildman–Crippen LogP) is 3.93. The Morgan fingerprint density at radius 3 is 2.50 bits per heavy atom. The van der Waals surface area contributed by atoms with E-state index in [9.17, 15) is 14.9 Å². The smallest absolute Gasteiger partial charge is 0.249 e. The maximum atomic E-state index is 12.4. The zero-order valence-electron chi connectivity index (χ0n) is 13.9. The van der Waals surface area contributed by atoms with E-state index in [2.05, 4.69) is 23.5 Å². The first-order chi connectivity index (χ1) is 11.5. The van der Waals surface area contributed by atoms with E-state index in [1.807, 2.05) is 12.1 Å². The fourth-order valence-electron chi connectivity index (χ4n) is 2.27. The second-order valence-corrected chi connectivity index (χ2v) is 6.29. The summed E-state index contributed by atoms with van der Waals surface area (Å²) in [5, 5.41) is 13.4. The average molecular weight is 341 g/mol. The van der Waals surface area contributed by atoms with Gasteiger partial charge >= 0.3 is 0 Å². The van der Waals surface area contributed by atoms with Gasteiger partial charge in [0.2, 0.25) is 5.91 Å². The van der Waals surface area contributed by atoms with Crippen LogP contribution in [0.3, 0.4) is 0 Å². The molecule has 5 nitrogen and oxygen atoms in total. The molecule has 2 aromatic rings. The molecule has 2 atom stereocenters. The summed E-state index contributed by atoms with van der Waals surface area (Å²) in [6.07, 6.45) is 1.03. The third kappa shape index (κ3) is 3.87. The summed E-state index contributed by atoms with van der Waals surface area (Å²) in [5.74, 6) is -2.08. The van der Waals surface area contributed by atoms with Gasteiger partial charge < -0.3 is 5.32 Å². The molecule has 1 heterocycles. The molecule has 1 aromatic carbocycles. The van der Waals surface area contributed by atoms with Crippen molar-refractivity contribution < 1.29 is 9.59 Å². The number of anilines is 1. The molecule has 1 aromatic heterocycles. The van der Waals surface area contributed by atoms with Crippen LogP contribution in [-0.2, 0) is 4.79 Å². The number of rotatable bonds is 6. The van der Waals surface area contributed by atoms with Crippen LogP contribution in [0.1, 0.15) is 47.8 Å². The van der Waals surface area contributed by atoms with E-state index in [4.69, 9.17) is 0 Å². The number of Topliss-reactive ketones (excluding diaryl/α,β-unsaturated/α-hetero) is 1. The van der Waals surface area contributed by atoms with Gasteiger partial charge in [0.05, 0.1) is 17.3 Å². The molecule has 0 aliphatic rings. The van der Waals surface area contributed by atoms with Gasteiger partial charge in [-0.25, -0.2) is 0 Å². The van der Waals surface area contributed by atoms with Gasteiger partial charge in [-0.15, -0.1) is 0 Å². The molecule has 2 rings (SSSR count). The normalized spacial score (nSPS) is 12.9. The Morgan fingerprint density at radius 1 is 1.33 bits per heavy atom. The molecule has 124 valence electrons. The van der Waals surface area contributed by atoms with Crippen LogP contribution in [0.5, 0.6) is 0 Å². The Morgan fingerprint density at radius 2 is 2.00 bits per heavy atom. The van der Waals surface area contributed by atoms with Gasteiger partial charge in [-0.1, -0.05) is 26.0 Å². The number of nitriles is 1. The Kier molecular flexibility index (Phi) is 5.83. The molecule has 0 saturated carbocycles. The minimum absolute atomic E-state index is 0.328. The second kappa shape index (κ2) is 7.84. The van der Waals surface area contributed by atoms with Crippen LogP contribution in [-0.4, -0.2) is 16.1 Å². The molecule has 0 aliphatic carbocycles. The van der Waals surface area contributed by atoms with Gasteiger partial charge in [0.15, 0.2) is 11.7 Å². The third-order valence-electron chi connectivity index (χ3n) is 4.03. The van der Waals surface area contributed by atoms with Gasteiger partial charge in [0.1, 0.15) is 0 Å². The van der Waals surface area contributed by atoms with Crippen LogP contribution in [0.2, 0.25) is 0 Å². The number of hydrogen-bond acceptors (Lipinski definition) is 5. The monoisotopic (exact) mass is 341 g/mol. The standard InChI is InChI=1S/C18H19N3O2S/c1-4-11(2)13-5-7-14(8-6-13)20-18(23)15(9-19)17(22)16-10-24-21-12(16)3/h5-8,10-11,15H,4H2,1-3H3,(H,20,23). The van der Waals surface area contributed by atoms with Crippen molar-refractivity contribution in [1.82, 2.24) is 4.37 Å². The lowest BCUT2D eigenvalue weighted by atomic mass is 9.97. The first-order valence-corrected chi connectivity index (χ1v) is 8.57. The van der Waals surface area contributed by atoms with Crippen LogP contribution < -0.4 is 5.32 Å². The highest BCUT2D eigenvalue weighted by Crippen LogP contribution is 2.21. The quantitative estimate of drug-likeness (QED) is 0.637. The molecule has 24 heavy (non-hydrogen) atoms. The number of aromatic nitrogens is 1. The molecule has 0 fully saturated rings. The lowest BCUT2D eigenvalue weighted by Crippen LogP contribution is -2.28. The van der Waals surface area contributed by atoms with Crippen molar-refractivity contribution in [1.29, 1.82) is 5.26 Å². The molecule has 1 N–H and O–H groups in total. The highest BCUT2D eigenvalue weighted by atomic mass is 32.1. The largest absolute Gasteiger partial charge is 0.325 e. The SMILES string of the molecule is CCC(C)c1ccc(NC(=O)C(C#N)C(=O)c2csnc2C)cc1. The molecule has 0 spiro atoms. The van der Waals surface area contributed by atoms with Crippen LogP contribution in [0.15, 0.2) is 29.6 Å². The van der Waals surface area contributed by atoms with E-state index in [-0.39, 0.29) is 0 Å². The van der Waals surface area contributed by atoms with Gasteiger partial charge in [0, 0.05) is 11.1 Å². The number of nitrogens with zero attached hydrogens (tertiary/aromatic N) is 2. The van der Waals surface area contributed by atoms with Gasteiger partial charge in [-0.3, -0.25) is 9.59 Å². The van der Waals surface area contributed by atoms with Crippen molar-refractivity contribution in [3.63, 3.8) is 0 Å². The number of carbonyl (C=O) groups is 2. The highest BCUT2D eigenvalue weighted by Gasteiger charge is 2.29. The molecular formula is C18H19N3O2S. The predicted molar refractivity (Wildman–Crippen MR) is 94.1 cm³/mol. The molecule has 6 heteroatoms. The van der Waals surface area contributed by atoms with Gasteiger partial charge in [-0.2, -0.15) is 9.64 Å². The summed E-state index contributed by atoms with van der Waals surface area (Å²) in [6.45, 7) is 5.93. The molecule has 2 unspecified atom stereocenters. The van der Waals surface area contributed by atoms with E-state index in [1.54, 1.807) is 30.5 Å². The highest BCUT2D eigenvalue weighted by molar-refractivity contribution is 7.04. The van der Waals surface area contributed by atoms with Crippen molar-refractivity contribution in [2.75, 3.05) is 5.32 Å². The number of amides is 1. The van der Waals surface area contributed by atoms with E-state index in [0.717, 1.165) is 18.0 Å². The van der Waals surface area contributed by atoms with E-state index in [0.29, 0.717) is 22.9 Å². The molecule has 0 radical (unpaired) electrons. The summed E-state index contributed by atoms with van der Waals surface area (Å²) in [7, 11) is 0. The van der Waals surface area contributed by atoms with E-state index < -0.39 is 17.6 Å². The molecule has 0 aliphatic heterocycles. The number of aryl methyl sites for hydroxylation is 1. The van der Waals surface area contributed by atoms with Gasteiger partial charge in [0.25, 0.3) is 0 Å². The maximum absolute atomic E-state index is 12.4. The van der Waals surface area contributed by atoms with E-state index in [1.165, 1.54) is 5.56 Å². The molecule has 1 amide bonds. The summed E-state index contributed by atoms with van der Waals surface area (Å²) in [4.78, 5) is 24.7. The third-order valence-corrected chi connectivity index (χ3v) is 4.75. The zero-order valence-corrected chi connectivity index (χ0v) is 14.7. The van der Waals surface area contributed by atoms with Gasteiger partial charge in [-0.05, 0) is 48.5 Å². The maximum Gasteiger partial charge on any atom is 0.249 e. The minimum atomic E-state index is -1.38. The Bertz CT molecular complexity index is 774. The molecule has 0 bridgehead atoms. The fourth-order valence-corrected chi connectivity index (χ4v) is 2.97. The van der Waals surface area contributed by atoms with Crippen molar-refractivity contribution >= 4 is 28.9 Å². The topological polar surface area (TPSA) is 82.9 Å². The van der Waals surface area contributed by atoms with Crippen LogP contribution in [0.25, 0.3) is 0 Å². The summed E-state index contributed by atoms with van der Waals surface area (Å²) >= 11 is 1.13. The number of ketones is 1. The first kappa shape index (κ1) is 17.8. The number of nitrogens with one attached hydrogen (secondary N) is 1. The van der Waals surface area contributed by atoms with Crippen molar-refractivity contribution in [2.24, 2.45) is 5.92 Å². The zero-order chi connectivity index (χ0) is 17.7. The van der Waals surface area contributed by atoms with Crippen LogP contribution in [0.4, 0.5) is 5.69 Å². The lowest BCUT2D eigenvalue weighted by Gasteiger charge is -2.12. The summed E-state index contributed by atoms with van der Waals surface area (Å²) in [6, 6.07) is 9.25. The Labute approximate surface area is 145 Å². The number of benzene rings is 1. The van der Waals surface area contributed by atoms with E-state index >= 15 is 0 Å². The summed E-state index contributed by atoms with van der Waals surface area (Å²) in [5.41, 5.74) is 2.62. The van der Waals surface area contributed by atoms with Crippen LogP contribution in [0, 0.1) is 24.2 Å². The Hall–Kier alpha value is -2.52. The first-order valence-electron chi connectivity index (χ1n) is 7.73.